The largest absolute Gasteiger partial charge is 0.416 e. The van der Waals surface area contributed by atoms with Gasteiger partial charge in [0, 0.05) is 18.0 Å². The molecule has 31 heavy (non-hydrogen) atoms. The van der Waals surface area contributed by atoms with E-state index in [1.807, 2.05) is 0 Å². The van der Waals surface area contributed by atoms with Gasteiger partial charge in [0.15, 0.2) is 0 Å². The second-order valence-electron chi connectivity index (χ2n) is 7.01. The van der Waals surface area contributed by atoms with E-state index < -0.39 is 27.5 Å². The molecular weight excluding hydrogens is 473 g/mol. The van der Waals surface area contributed by atoms with Crippen molar-refractivity contribution >= 4 is 45.0 Å². The van der Waals surface area contributed by atoms with Gasteiger partial charge in [-0.25, -0.2) is 8.42 Å². The molecule has 168 valence electrons. The van der Waals surface area contributed by atoms with Crippen molar-refractivity contribution in [3.63, 3.8) is 0 Å². The number of carbonyl (C=O) groups is 1. The smallest absolute Gasteiger partial charge is 0.339 e. The Bertz CT molecular complexity index is 1090. The van der Waals surface area contributed by atoms with E-state index >= 15 is 0 Å². The van der Waals surface area contributed by atoms with E-state index in [0.717, 1.165) is 31.4 Å². The summed E-state index contributed by atoms with van der Waals surface area (Å²) in [5.41, 5.74) is -1.19. The van der Waals surface area contributed by atoms with E-state index in [1.165, 1.54) is 30.0 Å². The number of thioether (sulfide) groups is 1. The second-order valence-corrected chi connectivity index (χ2v) is 9.95. The molecule has 1 saturated heterocycles. The van der Waals surface area contributed by atoms with E-state index in [9.17, 15) is 26.4 Å². The molecule has 0 aromatic heterocycles. The van der Waals surface area contributed by atoms with E-state index in [4.69, 9.17) is 11.6 Å². The fourth-order valence-electron chi connectivity index (χ4n) is 3.27. The lowest BCUT2D eigenvalue weighted by Gasteiger charge is -2.27. The van der Waals surface area contributed by atoms with Gasteiger partial charge in [0.25, 0.3) is 15.9 Å². The lowest BCUT2D eigenvalue weighted by molar-refractivity contribution is -0.137. The number of piperidine rings is 1. The van der Waals surface area contributed by atoms with Crippen LogP contribution in [0.5, 0.6) is 0 Å². The quantitative estimate of drug-likeness (QED) is 0.559. The van der Waals surface area contributed by atoms with Crippen LogP contribution in [0.25, 0.3) is 0 Å². The zero-order valence-corrected chi connectivity index (χ0v) is 18.9. The third kappa shape index (κ3) is 5.48. The molecule has 2 aromatic rings. The molecule has 0 unspecified atom stereocenters. The van der Waals surface area contributed by atoms with Gasteiger partial charge >= 0.3 is 6.18 Å². The predicted molar refractivity (Wildman–Crippen MR) is 115 cm³/mol. The monoisotopic (exact) mass is 492 g/mol. The number of hydrogen-bond donors (Lipinski definition) is 1. The van der Waals surface area contributed by atoms with Crippen molar-refractivity contribution < 1.29 is 26.4 Å². The standard InChI is InChI=1S/C20H20ClF3N2O3S2/c1-30-18-8-6-14(12-15(18)19(27)26-9-3-2-4-10-26)31(28,29)25-17-11-13(20(22,23)24)5-7-16(17)21/h5-8,11-12,25H,2-4,9-10H2,1H3. The molecule has 1 aliphatic rings. The second kappa shape index (κ2) is 9.30. The molecule has 1 aliphatic heterocycles. The molecular formula is C20H20ClF3N2O3S2. The molecule has 1 N–H and O–H groups in total. The van der Waals surface area contributed by atoms with Crippen LogP contribution in [-0.4, -0.2) is 38.6 Å². The number of nitrogens with one attached hydrogen (secondary N) is 1. The third-order valence-corrected chi connectivity index (χ3v) is 7.38. The fraction of sp³-hybridized carbons (Fsp3) is 0.350. The maximum atomic E-state index is 13.0. The third-order valence-electron chi connectivity index (χ3n) is 4.89. The molecule has 0 saturated carbocycles. The molecule has 5 nitrogen and oxygen atoms in total. The van der Waals surface area contributed by atoms with Crippen molar-refractivity contribution in [3.05, 3.63) is 52.5 Å². The first kappa shape index (κ1) is 23.7. The highest BCUT2D eigenvalue weighted by molar-refractivity contribution is 7.98. The van der Waals surface area contributed by atoms with Crippen molar-refractivity contribution in [1.29, 1.82) is 0 Å². The Balaban J connectivity index is 1.96. The Morgan fingerprint density at radius 1 is 1.10 bits per heavy atom. The maximum absolute atomic E-state index is 13.0. The highest BCUT2D eigenvalue weighted by Crippen LogP contribution is 2.35. The number of sulfonamides is 1. The molecule has 11 heteroatoms. The number of anilines is 1. The van der Waals surface area contributed by atoms with Gasteiger partial charge in [0.2, 0.25) is 0 Å². The Kier molecular flexibility index (Phi) is 7.12. The first-order valence-corrected chi connectivity index (χ1v) is 12.5. The number of likely N-dealkylation sites (tertiary alicyclic amines) is 1. The van der Waals surface area contributed by atoms with Gasteiger partial charge in [-0.05, 0) is 61.9 Å². The number of halogens is 4. The SMILES string of the molecule is CSc1ccc(S(=O)(=O)Nc2cc(C(F)(F)F)ccc2Cl)cc1C(=O)N1CCCCC1. The van der Waals surface area contributed by atoms with Crippen LogP contribution < -0.4 is 4.72 Å². The molecule has 2 aromatic carbocycles. The number of amides is 1. The zero-order chi connectivity index (χ0) is 22.8. The Labute approximate surface area is 188 Å². The van der Waals surface area contributed by atoms with E-state index in [1.54, 1.807) is 11.2 Å². The zero-order valence-electron chi connectivity index (χ0n) is 16.5. The topological polar surface area (TPSA) is 66.5 Å². The van der Waals surface area contributed by atoms with Crippen molar-refractivity contribution in [2.24, 2.45) is 0 Å². The molecule has 0 aliphatic carbocycles. The number of benzene rings is 2. The lowest BCUT2D eigenvalue weighted by atomic mass is 10.1. The van der Waals surface area contributed by atoms with Crippen LogP contribution in [0, 0.1) is 0 Å². The van der Waals surface area contributed by atoms with Crippen LogP contribution in [-0.2, 0) is 16.2 Å². The summed E-state index contributed by atoms with van der Waals surface area (Å²) < 4.78 is 66.9. The van der Waals surface area contributed by atoms with E-state index in [0.29, 0.717) is 24.1 Å². The van der Waals surface area contributed by atoms with Crippen molar-refractivity contribution in [2.45, 2.75) is 35.2 Å². The van der Waals surface area contributed by atoms with Gasteiger partial charge in [0.1, 0.15) is 0 Å². The molecule has 0 spiro atoms. The highest BCUT2D eigenvalue weighted by Gasteiger charge is 2.31. The van der Waals surface area contributed by atoms with Gasteiger partial charge in [-0.3, -0.25) is 9.52 Å². The summed E-state index contributed by atoms with van der Waals surface area (Å²) in [6.07, 6.45) is -0.0763. The van der Waals surface area contributed by atoms with Crippen LogP contribution in [0.15, 0.2) is 46.2 Å². The molecule has 0 bridgehead atoms. The summed E-state index contributed by atoms with van der Waals surface area (Å²) in [4.78, 5) is 15.0. The molecule has 3 rings (SSSR count). The lowest BCUT2D eigenvalue weighted by Crippen LogP contribution is -2.36. The minimum absolute atomic E-state index is 0.179. The first-order chi connectivity index (χ1) is 14.5. The molecule has 0 atom stereocenters. The first-order valence-electron chi connectivity index (χ1n) is 9.40. The average molecular weight is 493 g/mol. The Morgan fingerprint density at radius 2 is 1.77 bits per heavy atom. The Hall–Kier alpha value is -1.91. The molecule has 1 fully saturated rings. The van der Waals surface area contributed by atoms with Crippen LogP contribution in [0.2, 0.25) is 5.02 Å². The van der Waals surface area contributed by atoms with Crippen LogP contribution in [0.3, 0.4) is 0 Å². The van der Waals surface area contributed by atoms with Crippen LogP contribution in [0.1, 0.15) is 35.2 Å². The minimum atomic E-state index is -4.65. The number of rotatable bonds is 5. The summed E-state index contributed by atoms with van der Waals surface area (Å²) >= 11 is 7.22. The van der Waals surface area contributed by atoms with Crippen molar-refractivity contribution in [2.75, 3.05) is 24.1 Å². The maximum Gasteiger partial charge on any atom is 0.416 e. The predicted octanol–water partition coefficient (Wildman–Crippen LogP) is 5.51. The number of hydrogen-bond acceptors (Lipinski definition) is 4. The van der Waals surface area contributed by atoms with Gasteiger partial charge in [0.05, 0.1) is 26.7 Å². The summed E-state index contributed by atoms with van der Waals surface area (Å²) in [6.45, 7) is 1.20. The number of carbonyl (C=O) groups excluding carboxylic acids is 1. The van der Waals surface area contributed by atoms with Gasteiger partial charge < -0.3 is 4.90 Å². The Morgan fingerprint density at radius 3 is 2.39 bits per heavy atom. The summed E-state index contributed by atoms with van der Waals surface area (Å²) in [6, 6.07) is 6.46. The fourth-order valence-corrected chi connectivity index (χ4v) is 5.16. The minimum Gasteiger partial charge on any atom is -0.339 e. The van der Waals surface area contributed by atoms with E-state index in [2.05, 4.69) is 4.72 Å². The molecule has 1 amide bonds. The summed E-state index contributed by atoms with van der Waals surface area (Å²) in [5, 5.41) is -0.179. The normalized spacial score (nSPS) is 15.1. The van der Waals surface area contributed by atoms with Gasteiger partial charge in [-0.15, -0.1) is 11.8 Å². The van der Waals surface area contributed by atoms with Gasteiger partial charge in [-0.2, -0.15) is 13.2 Å². The van der Waals surface area contributed by atoms with Gasteiger partial charge in [-0.1, -0.05) is 11.6 Å². The van der Waals surface area contributed by atoms with Crippen molar-refractivity contribution in [3.8, 4) is 0 Å². The summed E-state index contributed by atoms with van der Waals surface area (Å²) in [5.74, 6) is -0.266. The van der Waals surface area contributed by atoms with Crippen LogP contribution >= 0.6 is 23.4 Å². The van der Waals surface area contributed by atoms with Crippen LogP contribution in [0.4, 0.5) is 18.9 Å². The van der Waals surface area contributed by atoms with E-state index in [-0.39, 0.29) is 21.4 Å². The number of alkyl halides is 3. The molecule has 0 radical (unpaired) electrons. The van der Waals surface area contributed by atoms with Crippen molar-refractivity contribution in [1.82, 2.24) is 4.90 Å². The average Bonchev–Trinajstić information content (AvgIpc) is 2.74. The number of nitrogens with zero attached hydrogens (tertiary/aromatic N) is 1. The highest BCUT2D eigenvalue weighted by atomic mass is 35.5. The molecule has 1 heterocycles. The summed E-state index contributed by atoms with van der Waals surface area (Å²) in [7, 11) is -4.29.